The fourth-order valence-corrected chi connectivity index (χ4v) is 9.05. The third-order valence-electron chi connectivity index (χ3n) is 13.8. The number of carbonyl (C=O) groups excluding carboxylic acids is 3. The minimum absolute atomic E-state index is 0.0768. The minimum Gasteiger partial charge on any atom is -0.462 e. The molecule has 1 atom stereocenters. The second-order valence-corrected chi connectivity index (χ2v) is 21.0. The molecular formula is C65H118O6. The van der Waals surface area contributed by atoms with Crippen molar-refractivity contribution in [2.75, 3.05) is 13.2 Å². The van der Waals surface area contributed by atoms with E-state index in [0.29, 0.717) is 19.3 Å². The van der Waals surface area contributed by atoms with E-state index in [9.17, 15) is 14.4 Å². The molecule has 414 valence electrons. The van der Waals surface area contributed by atoms with Crippen LogP contribution in [0, 0.1) is 0 Å². The summed E-state index contributed by atoms with van der Waals surface area (Å²) in [5.74, 6) is -0.873. The number of hydrogen-bond donors (Lipinski definition) is 0. The lowest BCUT2D eigenvalue weighted by atomic mass is 10.1. The molecule has 0 aromatic heterocycles. The molecule has 0 spiro atoms. The quantitative estimate of drug-likeness (QED) is 0.0261. The summed E-state index contributed by atoms with van der Waals surface area (Å²) in [5, 5.41) is 0. The van der Waals surface area contributed by atoms with E-state index in [-0.39, 0.29) is 31.1 Å². The van der Waals surface area contributed by atoms with Gasteiger partial charge in [0.15, 0.2) is 6.10 Å². The average Bonchev–Trinajstić information content (AvgIpc) is 3.37. The maximum Gasteiger partial charge on any atom is 0.306 e. The zero-order chi connectivity index (χ0) is 51.4. The Morgan fingerprint density at radius 1 is 0.282 bits per heavy atom. The Labute approximate surface area is 441 Å². The molecule has 0 rings (SSSR count). The molecule has 0 aliphatic heterocycles. The highest BCUT2D eigenvalue weighted by molar-refractivity contribution is 5.71. The number of esters is 3. The lowest BCUT2D eigenvalue weighted by Gasteiger charge is -2.18. The van der Waals surface area contributed by atoms with E-state index < -0.39 is 6.10 Å². The summed E-state index contributed by atoms with van der Waals surface area (Å²) in [4.78, 5) is 38.3. The summed E-state index contributed by atoms with van der Waals surface area (Å²) >= 11 is 0. The lowest BCUT2D eigenvalue weighted by Crippen LogP contribution is -2.30. The van der Waals surface area contributed by atoms with E-state index in [1.807, 2.05) is 0 Å². The predicted molar refractivity (Wildman–Crippen MR) is 307 cm³/mol. The van der Waals surface area contributed by atoms with Crippen LogP contribution in [0.3, 0.4) is 0 Å². The molecule has 0 aliphatic carbocycles. The first-order valence-corrected chi connectivity index (χ1v) is 31.1. The largest absolute Gasteiger partial charge is 0.462 e. The van der Waals surface area contributed by atoms with Gasteiger partial charge in [0.05, 0.1) is 0 Å². The van der Waals surface area contributed by atoms with Gasteiger partial charge in [-0.25, -0.2) is 0 Å². The summed E-state index contributed by atoms with van der Waals surface area (Å²) in [6, 6.07) is 0. The van der Waals surface area contributed by atoms with Crippen molar-refractivity contribution in [1.29, 1.82) is 0 Å². The normalized spacial score (nSPS) is 12.3. The second-order valence-electron chi connectivity index (χ2n) is 21.0. The van der Waals surface area contributed by atoms with Crippen molar-refractivity contribution in [3.8, 4) is 0 Å². The highest BCUT2D eigenvalue weighted by Gasteiger charge is 2.19. The van der Waals surface area contributed by atoms with Gasteiger partial charge in [-0.05, 0) is 103 Å². The molecule has 0 N–H and O–H groups in total. The summed E-state index contributed by atoms with van der Waals surface area (Å²) in [5.41, 5.74) is 0. The number of carbonyl (C=O) groups is 3. The molecule has 0 aromatic carbocycles. The maximum absolute atomic E-state index is 12.9. The van der Waals surface area contributed by atoms with Crippen molar-refractivity contribution in [2.45, 2.75) is 335 Å². The third kappa shape index (κ3) is 58.1. The van der Waals surface area contributed by atoms with Gasteiger partial charge in [-0.2, -0.15) is 0 Å². The molecule has 0 bridgehead atoms. The van der Waals surface area contributed by atoms with Gasteiger partial charge in [-0.3, -0.25) is 14.4 Å². The third-order valence-corrected chi connectivity index (χ3v) is 13.8. The summed E-state index contributed by atoms with van der Waals surface area (Å²) < 4.78 is 16.9. The summed E-state index contributed by atoms with van der Waals surface area (Å²) in [7, 11) is 0. The van der Waals surface area contributed by atoms with E-state index in [2.05, 4.69) is 69.4 Å². The number of ether oxygens (including phenoxy) is 3. The number of allylic oxidation sites excluding steroid dienone is 8. The number of rotatable bonds is 57. The molecule has 0 unspecified atom stereocenters. The summed E-state index contributed by atoms with van der Waals surface area (Å²) in [6.07, 6.45) is 73.9. The zero-order valence-electron chi connectivity index (χ0n) is 47.5. The van der Waals surface area contributed by atoms with Crippen LogP contribution in [-0.2, 0) is 28.6 Å². The Morgan fingerprint density at radius 3 is 0.817 bits per heavy atom. The first-order valence-electron chi connectivity index (χ1n) is 31.1. The lowest BCUT2D eigenvalue weighted by molar-refractivity contribution is -0.167. The van der Waals surface area contributed by atoms with Crippen molar-refractivity contribution in [3.05, 3.63) is 48.6 Å². The number of unbranched alkanes of at least 4 members (excludes halogenated alkanes) is 38. The molecule has 6 heteroatoms. The van der Waals surface area contributed by atoms with Gasteiger partial charge in [0, 0.05) is 19.3 Å². The fraction of sp³-hybridized carbons (Fsp3) is 0.831. The molecule has 0 aromatic rings. The minimum atomic E-state index is -0.780. The molecule has 71 heavy (non-hydrogen) atoms. The Hall–Kier alpha value is -2.63. The van der Waals surface area contributed by atoms with Gasteiger partial charge in [-0.1, -0.05) is 256 Å². The topological polar surface area (TPSA) is 78.9 Å². The van der Waals surface area contributed by atoms with Crippen LogP contribution in [0.15, 0.2) is 48.6 Å². The monoisotopic (exact) mass is 995 g/mol. The van der Waals surface area contributed by atoms with Crippen LogP contribution in [0.5, 0.6) is 0 Å². The van der Waals surface area contributed by atoms with Crippen LogP contribution >= 0.6 is 0 Å². The van der Waals surface area contributed by atoms with Gasteiger partial charge in [0.2, 0.25) is 0 Å². The molecule has 0 saturated heterocycles. The molecule has 0 saturated carbocycles. The van der Waals surface area contributed by atoms with Gasteiger partial charge in [0.1, 0.15) is 13.2 Å². The average molecular weight is 996 g/mol. The van der Waals surface area contributed by atoms with Crippen LogP contribution in [0.2, 0.25) is 0 Å². The maximum atomic E-state index is 12.9. The van der Waals surface area contributed by atoms with E-state index in [1.54, 1.807) is 0 Å². The van der Waals surface area contributed by atoms with Gasteiger partial charge >= 0.3 is 17.9 Å². The van der Waals surface area contributed by atoms with Crippen LogP contribution < -0.4 is 0 Å². The van der Waals surface area contributed by atoms with E-state index in [4.69, 9.17) is 14.2 Å². The molecule has 6 nitrogen and oxygen atoms in total. The van der Waals surface area contributed by atoms with Crippen molar-refractivity contribution >= 4 is 17.9 Å². The first kappa shape index (κ1) is 68.4. The first-order chi connectivity index (χ1) is 35.0. The van der Waals surface area contributed by atoms with Crippen LogP contribution in [0.1, 0.15) is 329 Å². The predicted octanol–water partition coefficient (Wildman–Crippen LogP) is 21.0. The number of hydrogen-bond acceptors (Lipinski definition) is 6. The second kappa shape index (κ2) is 59.9. The van der Waals surface area contributed by atoms with E-state index >= 15 is 0 Å². The fourth-order valence-electron chi connectivity index (χ4n) is 9.05. The SMILES string of the molecule is CCCCC/C=C\C/C=C\CCCCCCCCCC(=O)O[C@H](COC(=O)CCCCCCCCC/C=C\CCCCCCCC)COC(=O)CCCCCCCCCCC/C=C\CCCCCCCC. The Morgan fingerprint density at radius 2 is 0.507 bits per heavy atom. The molecule has 0 fully saturated rings. The Kier molecular flexibility index (Phi) is 57.7. The van der Waals surface area contributed by atoms with Crippen molar-refractivity contribution in [1.82, 2.24) is 0 Å². The van der Waals surface area contributed by atoms with Crippen LogP contribution in [0.25, 0.3) is 0 Å². The highest BCUT2D eigenvalue weighted by Crippen LogP contribution is 2.16. The van der Waals surface area contributed by atoms with Crippen molar-refractivity contribution in [3.63, 3.8) is 0 Å². The van der Waals surface area contributed by atoms with E-state index in [1.165, 1.54) is 218 Å². The van der Waals surface area contributed by atoms with E-state index in [0.717, 1.165) is 70.6 Å². The van der Waals surface area contributed by atoms with Crippen LogP contribution in [-0.4, -0.2) is 37.2 Å². The standard InChI is InChI=1S/C65H118O6/c1-4-7-10-13-16-19-22-25-28-31-32-35-37-40-43-46-49-52-55-58-64(67)70-61-62(71-65(68)59-56-53-50-47-44-41-38-34-30-27-24-21-18-15-12-9-6-3)60-69-63(66)57-54-51-48-45-42-39-36-33-29-26-23-20-17-14-11-8-5-2/h18,21,25-30,62H,4-17,19-20,22-24,31-61H2,1-3H3/b21-18-,28-25-,29-26-,30-27-/t62-/m1/s1. The summed E-state index contributed by atoms with van der Waals surface area (Å²) in [6.45, 7) is 6.64. The molecule has 0 amide bonds. The van der Waals surface area contributed by atoms with Gasteiger partial charge in [0.25, 0.3) is 0 Å². The zero-order valence-corrected chi connectivity index (χ0v) is 47.5. The molecule has 0 aliphatic rings. The molecular weight excluding hydrogens is 877 g/mol. The molecule has 0 radical (unpaired) electrons. The Bertz CT molecular complexity index is 1230. The van der Waals surface area contributed by atoms with Gasteiger partial charge in [-0.15, -0.1) is 0 Å². The Balaban J connectivity index is 4.37. The van der Waals surface area contributed by atoms with Gasteiger partial charge < -0.3 is 14.2 Å². The highest BCUT2D eigenvalue weighted by atomic mass is 16.6. The van der Waals surface area contributed by atoms with Crippen molar-refractivity contribution < 1.29 is 28.6 Å². The smallest absolute Gasteiger partial charge is 0.306 e. The molecule has 0 heterocycles. The van der Waals surface area contributed by atoms with Crippen LogP contribution in [0.4, 0.5) is 0 Å². The van der Waals surface area contributed by atoms with Crippen molar-refractivity contribution in [2.24, 2.45) is 0 Å².